The number of likely N-dealkylation sites (N-methyl/N-ethyl adjacent to an activating group) is 1. The Balaban J connectivity index is 1.61. The van der Waals surface area contributed by atoms with Gasteiger partial charge in [0.25, 0.3) is 5.91 Å². The fourth-order valence-electron chi connectivity index (χ4n) is 2.81. The van der Waals surface area contributed by atoms with E-state index in [1.165, 1.54) is 17.0 Å². The molecule has 1 aliphatic rings. The number of ether oxygens (including phenoxy) is 1. The van der Waals surface area contributed by atoms with E-state index in [4.69, 9.17) is 16.3 Å². The predicted molar refractivity (Wildman–Crippen MR) is 104 cm³/mol. The summed E-state index contributed by atoms with van der Waals surface area (Å²) in [5, 5.41) is 4.30. The second-order valence-electron chi connectivity index (χ2n) is 6.27. The van der Waals surface area contributed by atoms with Crippen molar-refractivity contribution in [2.75, 3.05) is 25.1 Å². The molecule has 0 saturated carbocycles. The smallest absolute Gasteiger partial charge is 0.338 e. The van der Waals surface area contributed by atoms with Crippen LogP contribution in [0.5, 0.6) is 0 Å². The maximum Gasteiger partial charge on any atom is 0.338 e. The highest BCUT2D eigenvalue weighted by molar-refractivity contribution is 7.07. The number of halogens is 1. The third kappa shape index (κ3) is 4.67. The molecule has 8 heteroatoms. The van der Waals surface area contributed by atoms with Gasteiger partial charge in [-0.25, -0.2) is 4.79 Å². The zero-order chi connectivity index (χ0) is 19.4. The Morgan fingerprint density at radius 2 is 2.15 bits per heavy atom. The summed E-state index contributed by atoms with van der Waals surface area (Å²) in [6.45, 7) is 0.686. The molecule has 2 heterocycles. The molecule has 0 unspecified atom stereocenters. The van der Waals surface area contributed by atoms with Crippen LogP contribution in [0.1, 0.15) is 28.8 Å². The number of hydrogen-bond acceptors (Lipinski definition) is 5. The molecule has 1 saturated heterocycles. The van der Waals surface area contributed by atoms with Gasteiger partial charge in [-0.3, -0.25) is 9.59 Å². The van der Waals surface area contributed by atoms with Gasteiger partial charge in [0, 0.05) is 26.6 Å². The van der Waals surface area contributed by atoms with Gasteiger partial charge in [0.2, 0.25) is 5.91 Å². The van der Waals surface area contributed by atoms with Crippen molar-refractivity contribution in [1.29, 1.82) is 0 Å². The van der Waals surface area contributed by atoms with Gasteiger partial charge in [0.1, 0.15) is 0 Å². The zero-order valence-corrected chi connectivity index (χ0v) is 16.4. The zero-order valence-electron chi connectivity index (χ0n) is 14.8. The number of carbonyl (C=O) groups is 3. The summed E-state index contributed by atoms with van der Waals surface area (Å²) in [6.07, 6.45) is 1.23. The standard InChI is InChI=1S/C19H19ClN2O4S/c1-21(10-13-6-8-27-12-13)18(24)11-26-19(25)14-4-5-15(20)16(9-14)22-7-2-3-17(22)23/h4-6,8-9,12H,2-3,7,10-11H2,1H3. The number of benzene rings is 1. The van der Waals surface area contributed by atoms with Crippen LogP contribution in [-0.4, -0.2) is 42.9 Å². The van der Waals surface area contributed by atoms with Crippen LogP contribution in [0.25, 0.3) is 0 Å². The summed E-state index contributed by atoms with van der Waals surface area (Å²) in [5.41, 5.74) is 1.77. The van der Waals surface area contributed by atoms with E-state index in [9.17, 15) is 14.4 Å². The van der Waals surface area contributed by atoms with Gasteiger partial charge in [-0.1, -0.05) is 11.6 Å². The summed E-state index contributed by atoms with van der Waals surface area (Å²) >= 11 is 7.74. The van der Waals surface area contributed by atoms with Crippen molar-refractivity contribution in [3.8, 4) is 0 Å². The first-order valence-corrected chi connectivity index (χ1v) is 9.80. The number of rotatable bonds is 6. The molecule has 0 N–H and O–H groups in total. The summed E-state index contributed by atoms with van der Waals surface area (Å²) in [6, 6.07) is 6.56. The highest BCUT2D eigenvalue weighted by Gasteiger charge is 2.25. The van der Waals surface area contributed by atoms with E-state index in [1.54, 1.807) is 29.4 Å². The number of hydrogen-bond donors (Lipinski definition) is 0. The SMILES string of the molecule is CN(Cc1ccsc1)C(=O)COC(=O)c1ccc(Cl)c(N2CCCC2=O)c1. The molecule has 1 aromatic heterocycles. The number of anilines is 1. The molecule has 1 fully saturated rings. The van der Waals surface area contributed by atoms with E-state index in [2.05, 4.69) is 0 Å². The summed E-state index contributed by atoms with van der Waals surface area (Å²) in [7, 11) is 1.66. The maximum absolute atomic E-state index is 12.3. The lowest BCUT2D eigenvalue weighted by Gasteiger charge is -2.18. The quantitative estimate of drug-likeness (QED) is 0.690. The highest BCUT2D eigenvalue weighted by atomic mass is 35.5. The number of thiophene rings is 1. The van der Waals surface area contributed by atoms with Crippen molar-refractivity contribution >= 4 is 46.4 Å². The van der Waals surface area contributed by atoms with E-state index in [0.29, 0.717) is 30.2 Å². The van der Waals surface area contributed by atoms with Crippen LogP contribution < -0.4 is 4.90 Å². The second-order valence-corrected chi connectivity index (χ2v) is 7.46. The van der Waals surface area contributed by atoms with Gasteiger partial charge in [0.15, 0.2) is 6.61 Å². The minimum Gasteiger partial charge on any atom is -0.452 e. The third-order valence-electron chi connectivity index (χ3n) is 4.30. The first-order valence-electron chi connectivity index (χ1n) is 8.48. The average molecular weight is 407 g/mol. The monoisotopic (exact) mass is 406 g/mol. The van der Waals surface area contributed by atoms with Crippen LogP contribution in [0.2, 0.25) is 5.02 Å². The van der Waals surface area contributed by atoms with Crippen molar-refractivity contribution in [1.82, 2.24) is 4.90 Å². The van der Waals surface area contributed by atoms with Crippen LogP contribution in [0, 0.1) is 0 Å². The number of nitrogens with zero attached hydrogens (tertiary/aromatic N) is 2. The Hall–Kier alpha value is -2.38. The molecule has 2 aromatic rings. The Morgan fingerprint density at radius 3 is 2.81 bits per heavy atom. The summed E-state index contributed by atoms with van der Waals surface area (Å²) in [4.78, 5) is 39.5. The molecule has 142 valence electrons. The summed E-state index contributed by atoms with van der Waals surface area (Å²) in [5.74, 6) is -0.942. The lowest BCUT2D eigenvalue weighted by molar-refractivity contribution is -0.133. The molecule has 1 aromatic carbocycles. The first kappa shape index (κ1) is 19.4. The van der Waals surface area contributed by atoms with Gasteiger partial charge in [-0.05, 0) is 47.0 Å². The number of amides is 2. The largest absolute Gasteiger partial charge is 0.452 e. The van der Waals surface area contributed by atoms with Crippen LogP contribution in [0.3, 0.4) is 0 Å². The molecule has 27 heavy (non-hydrogen) atoms. The molecule has 0 aliphatic carbocycles. The maximum atomic E-state index is 12.3. The Bertz CT molecular complexity index is 853. The third-order valence-corrected chi connectivity index (χ3v) is 5.35. The normalized spacial score (nSPS) is 13.7. The molecule has 2 amide bonds. The molecule has 1 aliphatic heterocycles. The van der Waals surface area contributed by atoms with Crippen LogP contribution in [0.15, 0.2) is 35.0 Å². The lowest BCUT2D eigenvalue weighted by Crippen LogP contribution is -2.30. The fraction of sp³-hybridized carbons (Fsp3) is 0.316. The van der Waals surface area contributed by atoms with E-state index in [1.807, 2.05) is 16.8 Å². The van der Waals surface area contributed by atoms with Gasteiger partial charge >= 0.3 is 5.97 Å². The molecule has 6 nitrogen and oxygen atoms in total. The molecule has 0 atom stereocenters. The first-order chi connectivity index (χ1) is 13.0. The second kappa shape index (κ2) is 8.54. The van der Waals surface area contributed by atoms with Crippen LogP contribution >= 0.6 is 22.9 Å². The van der Waals surface area contributed by atoms with E-state index < -0.39 is 5.97 Å². The van der Waals surface area contributed by atoms with E-state index in [-0.39, 0.29) is 24.0 Å². The van der Waals surface area contributed by atoms with Crippen molar-refractivity contribution in [3.63, 3.8) is 0 Å². The van der Waals surface area contributed by atoms with Crippen molar-refractivity contribution < 1.29 is 19.1 Å². The van der Waals surface area contributed by atoms with Crippen molar-refractivity contribution in [2.45, 2.75) is 19.4 Å². The predicted octanol–water partition coefficient (Wildman–Crippen LogP) is 3.34. The number of carbonyl (C=O) groups excluding carboxylic acids is 3. The Morgan fingerprint density at radius 1 is 1.33 bits per heavy atom. The molecule has 0 bridgehead atoms. The van der Waals surface area contributed by atoms with Gasteiger partial charge in [0.05, 0.1) is 16.3 Å². The summed E-state index contributed by atoms with van der Waals surface area (Å²) < 4.78 is 5.14. The minimum absolute atomic E-state index is 0.0207. The average Bonchev–Trinajstić information content (AvgIpc) is 3.31. The molecule has 0 radical (unpaired) electrons. The van der Waals surface area contributed by atoms with Gasteiger partial charge in [-0.15, -0.1) is 0 Å². The van der Waals surface area contributed by atoms with Gasteiger partial charge in [-0.2, -0.15) is 11.3 Å². The molecular formula is C19H19ClN2O4S. The fourth-order valence-corrected chi connectivity index (χ4v) is 3.69. The van der Waals surface area contributed by atoms with Crippen molar-refractivity contribution in [3.05, 3.63) is 51.2 Å². The topological polar surface area (TPSA) is 66.9 Å². The number of esters is 1. The van der Waals surface area contributed by atoms with Crippen LogP contribution in [-0.2, 0) is 20.9 Å². The molecule has 3 rings (SSSR count). The lowest BCUT2D eigenvalue weighted by atomic mass is 10.2. The van der Waals surface area contributed by atoms with E-state index >= 15 is 0 Å². The van der Waals surface area contributed by atoms with Crippen LogP contribution in [0.4, 0.5) is 5.69 Å². The Kier molecular flexibility index (Phi) is 6.13. The molecule has 0 spiro atoms. The van der Waals surface area contributed by atoms with Gasteiger partial charge < -0.3 is 14.5 Å². The van der Waals surface area contributed by atoms with Crippen molar-refractivity contribution in [2.24, 2.45) is 0 Å². The highest BCUT2D eigenvalue weighted by Crippen LogP contribution is 2.30. The minimum atomic E-state index is -0.628. The van der Waals surface area contributed by atoms with E-state index in [0.717, 1.165) is 12.0 Å². The molecular weight excluding hydrogens is 388 g/mol. The Labute approximate surface area is 166 Å².